The number of hydrogen-bond acceptors (Lipinski definition) is 7. The number of carbonyl (C=O) groups is 2. The average Bonchev–Trinajstić information content (AvgIpc) is 3.29. The van der Waals surface area contributed by atoms with Crippen LogP contribution in [0.2, 0.25) is 0 Å². The van der Waals surface area contributed by atoms with Crippen molar-refractivity contribution in [1.82, 2.24) is 5.32 Å². The van der Waals surface area contributed by atoms with Gasteiger partial charge in [-0.05, 0) is 96.0 Å². The minimum absolute atomic E-state index is 0.0304. The van der Waals surface area contributed by atoms with Crippen LogP contribution in [0.4, 0.5) is 0 Å². The number of nitrogens with one attached hydrogen (secondary N) is 1. The van der Waals surface area contributed by atoms with Crippen LogP contribution in [0.25, 0.3) is 0 Å². The van der Waals surface area contributed by atoms with Crippen molar-refractivity contribution >= 4 is 19.7 Å². The number of phosphoric acid groups is 1. The summed E-state index contributed by atoms with van der Waals surface area (Å²) in [5, 5.41) is 3.00. The SMILES string of the molecule is CC/C=C/C/C=C/CCCCCCCCCC(=O)NC(COP(=O)([O-])OCC[N+](C)(C)C)C(/C=C/CCCCCCCCCCC)OC(=O)CCCCCC/C=C\C/C=C\C/C=C\CCCCC. The second-order valence-electron chi connectivity index (χ2n) is 19.7. The normalized spacial score (nSPS) is 14.4. The smallest absolute Gasteiger partial charge is 0.306 e. The van der Waals surface area contributed by atoms with E-state index in [9.17, 15) is 19.0 Å². The molecule has 9 nitrogen and oxygen atoms in total. The maximum Gasteiger partial charge on any atom is 0.306 e. The molecule has 1 amide bonds. The molecule has 10 heteroatoms. The molecule has 0 spiro atoms. The van der Waals surface area contributed by atoms with Gasteiger partial charge in [0.2, 0.25) is 5.91 Å². The van der Waals surface area contributed by atoms with E-state index in [4.69, 9.17) is 13.8 Å². The van der Waals surface area contributed by atoms with Gasteiger partial charge in [0.15, 0.2) is 0 Å². The highest BCUT2D eigenvalue weighted by Crippen LogP contribution is 2.38. The third-order valence-corrected chi connectivity index (χ3v) is 12.8. The topological polar surface area (TPSA) is 114 Å². The van der Waals surface area contributed by atoms with Crippen molar-refractivity contribution in [3.63, 3.8) is 0 Å². The number of allylic oxidation sites excluding steroid dienone is 11. The number of esters is 1. The highest BCUT2D eigenvalue weighted by atomic mass is 31.2. The first-order chi connectivity index (χ1) is 32.9. The monoisotopic (exact) mass is 973 g/mol. The number of unbranched alkanes of at least 4 members (excludes halogenated alkanes) is 23. The molecule has 0 aliphatic heterocycles. The zero-order chi connectivity index (χ0) is 50.1. The Hall–Kier alpha value is -2.55. The van der Waals surface area contributed by atoms with Gasteiger partial charge in [-0.2, -0.15) is 0 Å². The number of carbonyl (C=O) groups excluding carboxylic acids is 2. The fourth-order valence-electron chi connectivity index (χ4n) is 7.56. The van der Waals surface area contributed by atoms with Gasteiger partial charge in [-0.3, -0.25) is 14.2 Å². The molecule has 0 bridgehead atoms. The molecule has 0 heterocycles. The van der Waals surface area contributed by atoms with Crippen LogP contribution in [0, 0.1) is 0 Å². The van der Waals surface area contributed by atoms with Crippen molar-refractivity contribution in [3.8, 4) is 0 Å². The van der Waals surface area contributed by atoms with Gasteiger partial charge < -0.3 is 28.5 Å². The van der Waals surface area contributed by atoms with Crippen LogP contribution in [0.5, 0.6) is 0 Å². The predicted molar refractivity (Wildman–Crippen MR) is 288 cm³/mol. The van der Waals surface area contributed by atoms with Gasteiger partial charge in [-0.25, -0.2) is 0 Å². The molecular weight excluding hydrogens is 868 g/mol. The largest absolute Gasteiger partial charge is 0.756 e. The fourth-order valence-corrected chi connectivity index (χ4v) is 8.29. The Morgan fingerprint density at radius 2 is 0.941 bits per heavy atom. The molecule has 0 aliphatic carbocycles. The molecule has 0 aliphatic rings. The Kier molecular flexibility index (Phi) is 46.3. The van der Waals surface area contributed by atoms with Gasteiger partial charge in [-0.1, -0.05) is 197 Å². The summed E-state index contributed by atoms with van der Waals surface area (Å²) in [6, 6.07) is -0.902. The summed E-state index contributed by atoms with van der Waals surface area (Å²) < 4.78 is 30.1. The van der Waals surface area contributed by atoms with Crippen LogP contribution in [0.1, 0.15) is 233 Å². The maximum absolute atomic E-state index is 13.4. The van der Waals surface area contributed by atoms with E-state index in [1.54, 1.807) is 0 Å². The van der Waals surface area contributed by atoms with Gasteiger partial charge >= 0.3 is 5.97 Å². The molecular formula is C58H105N2O7P. The summed E-state index contributed by atoms with van der Waals surface area (Å²) in [5.41, 5.74) is 0. The number of quaternary nitrogens is 1. The predicted octanol–water partition coefficient (Wildman–Crippen LogP) is 15.9. The number of likely N-dealkylation sites (N-methyl/N-ethyl adjacent to an activating group) is 1. The summed E-state index contributed by atoms with van der Waals surface area (Å²) in [5.74, 6) is -0.580. The van der Waals surface area contributed by atoms with Crippen molar-refractivity contribution in [2.24, 2.45) is 0 Å². The molecule has 394 valence electrons. The van der Waals surface area contributed by atoms with E-state index in [-0.39, 0.29) is 24.9 Å². The van der Waals surface area contributed by atoms with E-state index in [0.29, 0.717) is 23.9 Å². The van der Waals surface area contributed by atoms with Crippen molar-refractivity contribution in [3.05, 3.63) is 72.9 Å². The number of rotatable bonds is 49. The lowest BCUT2D eigenvalue weighted by Crippen LogP contribution is -2.47. The van der Waals surface area contributed by atoms with Crippen LogP contribution < -0.4 is 10.2 Å². The minimum Gasteiger partial charge on any atom is -0.756 e. The highest BCUT2D eigenvalue weighted by molar-refractivity contribution is 7.45. The first kappa shape index (κ1) is 65.5. The van der Waals surface area contributed by atoms with Crippen LogP contribution in [0.15, 0.2) is 72.9 Å². The van der Waals surface area contributed by atoms with Gasteiger partial charge in [0.25, 0.3) is 7.82 Å². The van der Waals surface area contributed by atoms with Gasteiger partial charge in [0, 0.05) is 12.8 Å². The summed E-state index contributed by atoms with van der Waals surface area (Å²) >= 11 is 0. The third-order valence-electron chi connectivity index (χ3n) is 11.9. The quantitative estimate of drug-likeness (QED) is 0.0212. The fraction of sp³-hybridized carbons (Fsp3) is 0.759. The van der Waals surface area contributed by atoms with Gasteiger partial charge in [-0.15, -0.1) is 0 Å². The number of nitrogens with zero attached hydrogens (tertiary/aromatic N) is 1. The van der Waals surface area contributed by atoms with Crippen molar-refractivity contribution in [1.29, 1.82) is 0 Å². The Morgan fingerprint density at radius 3 is 1.44 bits per heavy atom. The molecule has 3 unspecified atom stereocenters. The number of phosphoric ester groups is 1. The van der Waals surface area contributed by atoms with Gasteiger partial charge in [0.1, 0.15) is 19.3 Å². The van der Waals surface area contributed by atoms with Crippen molar-refractivity contribution in [2.75, 3.05) is 40.9 Å². The summed E-state index contributed by atoms with van der Waals surface area (Å²) in [6.07, 6.45) is 60.1. The van der Waals surface area contributed by atoms with Gasteiger partial charge in [0.05, 0.1) is 33.8 Å². The van der Waals surface area contributed by atoms with Crippen LogP contribution in [0.3, 0.4) is 0 Å². The van der Waals surface area contributed by atoms with E-state index >= 15 is 0 Å². The molecule has 0 radical (unpaired) electrons. The lowest BCUT2D eigenvalue weighted by atomic mass is 10.1. The number of hydrogen-bond donors (Lipinski definition) is 1. The van der Waals surface area contributed by atoms with Crippen LogP contribution >= 0.6 is 7.82 Å². The molecule has 3 atom stereocenters. The second-order valence-corrected chi connectivity index (χ2v) is 21.1. The standard InChI is InChI=1S/C58H105N2O7P/c1-7-10-13-16-19-22-25-27-29-30-31-33-36-39-42-45-48-51-58(62)67-56(49-46-43-40-37-34-24-21-18-15-12-9-3)55(54-66-68(63,64)65-53-52-60(4,5)6)59-57(61)50-47-44-41-38-35-32-28-26-23-20-17-14-11-8-2/h11,14,19-20,22-23,27,29,31,33,46,49,55-56H,7-10,12-13,15-18,21,24-26,28,30,32,34-45,47-48,50-54H2,1-6H3,(H-,59,61,63,64)/b14-11+,22-19-,23-20+,29-27-,33-31-,49-46+. The molecule has 0 rings (SSSR count). The minimum atomic E-state index is -4.70. The molecule has 0 aromatic carbocycles. The molecule has 1 N–H and O–H groups in total. The maximum atomic E-state index is 13.4. The molecule has 0 fully saturated rings. The van der Waals surface area contributed by atoms with E-state index in [0.717, 1.165) is 103 Å². The molecule has 0 aromatic rings. The van der Waals surface area contributed by atoms with E-state index in [1.807, 2.05) is 33.3 Å². The van der Waals surface area contributed by atoms with Crippen molar-refractivity contribution < 1.29 is 37.3 Å². The molecule has 0 aromatic heterocycles. The van der Waals surface area contributed by atoms with E-state index in [1.165, 1.54) is 89.9 Å². The lowest BCUT2D eigenvalue weighted by Gasteiger charge is -2.30. The van der Waals surface area contributed by atoms with E-state index in [2.05, 4.69) is 86.8 Å². The Balaban J connectivity index is 5.40. The third kappa shape index (κ3) is 48.5. The Bertz CT molecular complexity index is 1400. The summed E-state index contributed by atoms with van der Waals surface area (Å²) in [6.45, 7) is 6.66. The zero-order valence-corrected chi connectivity index (χ0v) is 45.7. The molecule has 0 saturated carbocycles. The molecule has 0 saturated heterocycles. The summed E-state index contributed by atoms with van der Waals surface area (Å²) in [7, 11) is 1.16. The van der Waals surface area contributed by atoms with E-state index < -0.39 is 26.6 Å². The van der Waals surface area contributed by atoms with Crippen molar-refractivity contribution in [2.45, 2.75) is 245 Å². The number of amides is 1. The van der Waals surface area contributed by atoms with Crippen LogP contribution in [-0.4, -0.2) is 69.4 Å². The first-order valence-corrected chi connectivity index (χ1v) is 29.2. The summed E-state index contributed by atoms with van der Waals surface area (Å²) in [4.78, 5) is 39.8. The lowest BCUT2D eigenvalue weighted by molar-refractivity contribution is -0.870. The molecule has 68 heavy (non-hydrogen) atoms. The van der Waals surface area contributed by atoms with Crippen LogP contribution in [-0.2, 0) is 27.9 Å². The number of ether oxygens (including phenoxy) is 1. The average molecular weight is 973 g/mol. The Morgan fingerprint density at radius 1 is 0.529 bits per heavy atom. The second kappa shape index (κ2) is 48.1. The Labute approximate surface area is 419 Å². The highest BCUT2D eigenvalue weighted by Gasteiger charge is 2.27. The zero-order valence-electron chi connectivity index (χ0n) is 44.8. The first-order valence-electron chi connectivity index (χ1n) is 27.7.